The van der Waals surface area contributed by atoms with Crippen LogP contribution in [0.3, 0.4) is 0 Å². The molecule has 2 aromatic rings. The maximum Gasteiger partial charge on any atom is 0.221 e. The molecule has 2 aromatic carbocycles. The number of rotatable bonds is 6. The normalized spacial score (nSPS) is 38.5. The summed E-state index contributed by atoms with van der Waals surface area (Å²) >= 11 is 0. The van der Waals surface area contributed by atoms with Gasteiger partial charge in [0.2, 0.25) is 5.91 Å². The van der Waals surface area contributed by atoms with E-state index in [2.05, 4.69) is 28.2 Å². The zero-order valence-corrected chi connectivity index (χ0v) is 22.0. The van der Waals surface area contributed by atoms with E-state index in [1.165, 1.54) is 18.4 Å². The third-order valence-electron chi connectivity index (χ3n) is 11.3. The zero-order chi connectivity index (χ0) is 25.9. The summed E-state index contributed by atoms with van der Waals surface area (Å²) in [5.41, 5.74) is 1.67. The minimum Gasteiger partial charge on any atom is -0.504 e. The second-order valence-electron chi connectivity index (χ2n) is 12.8. The van der Waals surface area contributed by atoms with Gasteiger partial charge in [0.1, 0.15) is 11.7 Å². The van der Waals surface area contributed by atoms with Crippen molar-refractivity contribution in [3.8, 4) is 11.5 Å². The number of carbonyl (C=O) groups excluding carboxylic acids is 1. The molecular formula is C31H37N3O4. The van der Waals surface area contributed by atoms with E-state index in [0.29, 0.717) is 24.8 Å². The number of fused-ring (bicyclic) bond motifs is 2. The van der Waals surface area contributed by atoms with Crippen LogP contribution in [0.25, 0.3) is 0 Å². The quantitative estimate of drug-likeness (QED) is 0.549. The second kappa shape index (κ2) is 7.74. The molecular weight excluding hydrogens is 478 g/mol. The van der Waals surface area contributed by atoms with E-state index in [1.54, 1.807) is 6.07 Å². The molecule has 2 spiro atoms. The molecule has 4 heterocycles. The highest BCUT2D eigenvalue weighted by Gasteiger charge is 2.82. The Morgan fingerprint density at radius 3 is 2.74 bits per heavy atom. The number of phenolic OH excluding ortho intramolecular Hbond substituents is 1. The monoisotopic (exact) mass is 515 g/mol. The van der Waals surface area contributed by atoms with Crippen LogP contribution in [0.15, 0.2) is 42.5 Å². The first-order valence-electron chi connectivity index (χ1n) is 14.4. The number of carbonyl (C=O) groups is 1. The van der Waals surface area contributed by atoms with Gasteiger partial charge in [-0.15, -0.1) is 0 Å². The van der Waals surface area contributed by atoms with Gasteiger partial charge < -0.3 is 20.3 Å². The lowest BCUT2D eigenvalue weighted by molar-refractivity contribution is -0.286. The largest absolute Gasteiger partial charge is 0.504 e. The molecule has 3 aliphatic carbocycles. The number of nitrogens with one attached hydrogen (secondary N) is 1. The van der Waals surface area contributed by atoms with Crippen LogP contribution in [0, 0.1) is 5.92 Å². The number of aromatic hydroxyl groups is 1. The Hall–Kier alpha value is -2.61. The van der Waals surface area contributed by atoms with Crippen LogP contribution in [0.4, 0.5) is 0 Å². The Bertz CT molecular complexity index is 1310. The molecule has 7 nitrogen and oxygen atoms in total. The van der Waals surface area contributed by atoms with Gasteiger partial charge >= 0.3 is 0 Å². The first-order chi connectivity index (χ1) is 18.4. The second-order valence-corrected chi connectivity index (χ2v) is 12.8. The molecule has 3 saturated heterocycles. The molecule has 4 aliphatic heterocycles. The smallest absolute Gasteiger partial charge is 0.221 e. The van der Waals surface area contributed by atoms with Crippen molar-refractivity contribution in [2.75, 3.05) is 20.1 Å². The highest BCUT2D eigenvalue weighted by molar-refractivity contribution is 5.77. The van der Waals surface area contributed by atoms with Gasteiger partial charge in [0, 0.05) is 31.1 Å². The first-order valence-corrected chi connectivity index (χ1v) is 14.4. The maximum absolute atomic E-state index is 13.3. The van der Waals surface area contributed by atoms with Crippen molar-refractivity contribution >= 4 is 5.91 Å². The fourth-order valence-corrected chi connectivity index (χ4v) is 9.57. The fraction of sp³-hybridized carbons (Fsp3) is 0.581. The van der Waals surface area contributed by atoms with Crippen molar-refractivity contribution in [2.45, 2.75) is 86.2 Å². The number of likely N-dealkylation sites (N-methyl/N-ethyl adjacent to an activating group) is 1. The summed E-state index contributed by atoms with van der Waals surface area (Å²) in [5, 5.41) is 26.5. The van der Waals surface area contributed by atoms with Crippen LogP contribution in [0.1, 0.15) is 55.2 Å². The summed E-state index contributed by atoms with van der Waals surface area (Å²) in [6.07, 6.45) is 5.72. The number of hydrogen-bond acceptors (Lipinski definition) is 6. The summed E-state index contributed by atoms with van der Waals surface area (Å²) < 4.78 is 6.68. The van der Waals surface area contributed by atoms with Crippen molar-refractivity contribution in [1.29, 1.82) is 0 Å². The van der Waals surface area contributed by atoms with Crippen molar-refractivity contribution < 1.29 is 19.7 Å². The lowest BCUT2D eigenvalue weighted by Gasteiger charge is -2.76. The van der Waals surface area contributed by atoms with Crippen LogP contribution in [-0.4, -0.2) is 75.4 Å². The van der Waals surface area contributed by atoms with Crippen molar-refractivity contribution in [3.63, 3.8) is 0 Å². The number of nitrogens with zero attached hydrogens (tertiary/aromatic N) is 2. The summed E-state index contributed by atoms with van der Waals surface area (Å²) in [6.45, 7) is 2.60. The van der Waals surface area contributed by atoms with Crippen LogP contribution in [-0.2, 0) is 23.2 Å². The third-order valence-corrected chi connectivity index (χ3v) is 11.3. The van der Waals surface area contributed by atoms with E-state index in [0.717, 1.165) is 49.4 Å². The predicted molar refractivity (Wildman–Crippen MR) is 142 cm³/mol. The van der Waals surface area contributed by atoms with Gasteiger partial charge in [0.05, 0.1) is 17.0 Å². The fourth-order valence-electron chi connectivity index (χ4n) is 9.57. The van der Waals surface area contributed by atoms with Gasteiger partial charge in [0.15, 0.2) is 11.5 Å². The number of benzene rings is 2. The van der Waals surface area contributed by atoms with Crippen LogP contribution < -0.4 is 10.1 Å². The lowest BCUT2D eigenvalue weighted by Crippen LogP contribution is -2.91. The highest BCUT2D eigenvalue weighted by Crippen LogP contribution is 2.72. The molecule has 5 fully saturated rings. The van der Waals surface area contributed by atoms with Crippen LogP contribution >= 0.6 is 0 Å². The topological polar surface area (TPSA) is 85.3 Å². The molecule has 0 aromatic heterocycles. The Morgan fingerprint density at radius 2 is 1.95 bits per heavy atom. The van der Waals surface area contributed by atoms with Gasteiger partial charge in [-0.2, -0.15) is 0 Å². The number of amides is 1. The summed E-state index contributed by atoms with van der Waals surface area (Å²) in [4.78, 5) is 18.5. The molecule has 7 heteroatoms. The van der Waals surface area contributed by atoms with Crippen molar-refractivity contribution in [1.82, 2.24) is 15.1 Å². The van der Waals surface area contributed by atoms with E-state index in [1.807, 2.05) is 30.3 Å². The Morgan fingerprint density at radius 1 is 1.13 bits per heavy atom. The van der Waals surface area contributed by atoms with Crippen molar-refractivity contribution in [2.24, 2.45) is 5.92 Å². The van der Waals surface area contributed by atoms with Gasteiger partial charge in [-0.05, 0) is 75.2 Å². The summed E-state index contributed by atoms with van der Waals surface area (Å²) in [7, 11) is 2.15. The van der Waals surface area contributed by atoms with Gasteiger partial charge in [0.25, 0.3) is 0 Å². The lowest BCUT2D eigenvalue weighted by atomic mass is 9.41. The van der Waals surface area contributed by atoms with E-state index in [-0.39, 0.29) is 35.1 Å². The summed E-state index contributed by atoms with van der Waals surface area (Å²) in [6, 6.07) is 13.7. The predicted octanol–water partition coefficient (Wildman–Crippen LogP) is 2.72. The molecule has 7 aliphatic rings. The van der Waals surface area contributed by atoms with Gasteiger partial charge in [-0.3, -0.25) is 14.6 Å². The molecule has 2 saturated carbocycles. The minimum atomic E-state index is -1.18. The standard InChI is InChI=1S/C31H37N3O4/c1-33-23(16-25(36)32-17-19-5-3-2-4-6-19)30(37)11-12-31(33)24-15-21-9-10-22(35)27-26(21)29(31,28(30)38-27)13-14-34(24)18-20-7-8-20/h2-6,9-10,20,23-24,28,35,37H,7-8,11-18H2,1H3,(H,32,36)/t23-,24+,28+,29+,30+,31+/m0/s1. The maximum atomic E-state index is 13.3. The molecule has 0 radical (unpaired) electrons. The zero-order valence-electron chi connectivity index (χ0n) is 22.0. The van der Waals surface area contributed by atoms with E-state index in [4.69, 9.17) is 4.74 Å². The Kier molecular flexibility index (Phi) is 4.74. The van der Waals surface area contributed by atoms with Gasteiger partial charge in [-0.25, -0.2) is 0 Å². The molecule has 9 rings (SSSR count). The Balaban J connectivity index is 1.20. The molecule has 38 heavy (non-hydrogen) atoms. The molecule has 3 N–H and O–H groups in total. The van der Waals surface area contributed by atoms with Crippen molar-refractivity contribution in [3.05, 3.63) is 59.2 Å². The average Bonchev–Trinajstić information content (AvgIpc) is 3.66. The molecule has 6 atom stereocenters. The van der Waals surface area contributed by atoms with Crippen LogP contribution in [0.5, 0.6) is 11.5 Å². The highest BCUT2D eigenvalue weighted by atomic mass is 16.5. The third kappa shape index (κ3) is 2.77. The summed E-state index contributed by atoms with van der Waals surface area (Å²) in [5.74, 6) is 1.49. The van der Waals surface area contributed by atoms with E-state index >= 15 is 0 Å². The molecule has 4 bridgehead atoms. The van der Waals surface area contributed by atoms with Gasteiger partial charge in [-0.1, -0.05) is 36.4 Å². The molecule has 1 amide bonds. The number of hydrogen-bond donors (Lipinski definition) is 3. The number of likely N-dealkylation sites (tertiary alicyclic amines) is 1. The van der Waals surface area contributed by atoms with Crippen LogP contribution in [0.2, 0.25) is 0 Å². The Labute approximate surface area is 223 Å². The van der Waals surface area contributed by atoms with E-state index < -0.39 is 11.7 Å². The number of phenols is 1. The number of ether oxygens (including phenoxy) is 1. The molecule has 0 unspecified atom stereocenters. The first kappa shape index (κ1) is 23.3. The minimum absolute atomic E-state index is 0.0491. The number of aliphatic hydroxyl groups is 1. The average molecular weight is 516 g/mol. The molecule has 200 valence electrons. The van der Waals surface area contributed by atoms with E-state index in [9.17, 15) is 15.0 Å². The number of piperidine rings is 3. The SMILES string of the molecule is CN1[C@@H](CC(=O)NCc2ccccc2)[C@]2(O)CC[C@]13[C@H]1Cc4ccc(O)c5c4[C@]3(CCN1CC1CC1)[C@H]2O5.